The molecule has 1 saturated heterocycles. The zero-order chi connectivity index (χ0) is 10.7. The van der Waals surface area contributed by atoms with E-state index >= 15 is 0 Å². The summed E-state index contributed by atoms with van der Waals surface area (Å²) < 4.78 is 0. The van der Waals surface area contributed by atoms with Crippen LogP contribution in [0.5, 0.6) is 0 Å². The standard InChI is InChI=1S/C13H21NS/c1-3-13(8-4-5-9-14-13)10-12-7-6-11(2)15-12/h6-7,14H,3-5,8-10H2,1-2H3. The molecule has 1 aromatic heterocycles. The van der Waals surface area contributed by atoms with Crippen LogP contribution in [0.2, 0.25) is 0 Å². The van der Waals surface area contributed by atoms with Crippen molar-refractivity contribution in [3.05, 3.63) is 21.9 Å². The average Bonchev–Trinajstić information content (AvgIpc) is 2.65. The van der Waals surface area contributed by atoms with Crippen LogP contribution >= 0.6 is 11.3 Å². The smallest absolute Gasteiger partial charge is 0.0227 e. The Balaban J connectivity index is 2.06. The Bertz CT molecular complexity index is 310. The van der Waals surface area contributed by atoms with Gasteiger partial charge in [0.05, 0.1) is 0 Å². The lowest BCUT2D eigenvalue weighted by atomic mass is 9.83. The van der Waals surface area contributed by atoms with E-state index in [2.05, 4.69) is 31.3 Å². The number of aryl methyl sites for hydroxylation is 1. The first kappa shape index (κ1) is 11.2. The quantitative estimate of drug-likeness (QED) is 0.826. The Morgan fingerprint density at radius 3 is 2.80 bits per heavy atom. The normalized spacial score (nSPS) is 26.8. The fourth-order valence-corrected chi connectivity index (χ4v) is 3.56. The van der Waals surface area contributed by atoms with Crippen molar-refractivity contribution in [3.63, 3.8) is 0 Å². The van der Waals surface area contributed by atoms with Crippen molar-refractivity contribution < 1.29 is 0 Å². The minimum atomic E-state index is 0.398. The number of hydrogen-bond donors (Lipinski definition) is 1. The van der Waals surface area contributed by atoms with Gasteiger partial charge in [-0.15, -0.1) is 11.3 Å². The summed E-state index contributed by atoms with van der Waals surface area (Å²) in [6.07, 6.45) is 6.57. The summed E-state index contributed by atoms with van der Waals surface area (Å²) >= 11 is 1.96. The van der Waals surface area contributed by atoms with Gasteiger partial charge in [-0.25, -0.2) is 0 Å². The first-order chi connectivity index (χ1) is 7.24. The summed E-state index contributed by atoms with van der Waals surface area (Å²) in [5, 5.41) is 3.75. The number of thiophene rings is 1. The molecular formula is C13H21NS. The van der Waals surface area contributed by atoms with E-state index in [0.717, 1.165) is 0 Å². The lowest BCUT2D eigenvalue weighted by Crippen LogP contribution is -2.49. The van der Waals surface area contributed by atoms with Crippen molar-refractivity contribution in [1.82, 2.24) is 5.32 Å². The second kappa shape index (κ2) is 4.67. The summed E-state index contributed by atoms with van der Waals surface area (Å²) in [6, 6.07) is 4.54. The highest BCUT2D eigenvalue weighted by atomic mass is 32.1. The fraction of sp³-hybridized carbons (Fsp3) is 0.692. The predicted molar refractivity (Wildman–Crippen MR) is 67.6 cm³/mol. The summed E-state index contributed by atoms with van der Waals surface area (Å²) in [7, 11) is 0. The first-order valence-electron chi connectivity index (χ1n) is 6.04. The summed E-state index contributed by atoms with van der Waals surface area (Å²) in [5.74, 6) is 0. The van der Waals surface area contributed by atoms with Crippen molar-refractivity contribution in [1.29, 1.82) is 0 Å². The van der Waals surface area contributed by atoms with Gasteiger partial charge in [-0.3, -0.25) is 0 Å². The molecule has 0 spiro atoms. The molecule has 1 nitrogen and oxygen atoms in total. The molecule has 1 unspecified atom stereocenters. The van der Waals surface area contributed by atoms with Crippen LogP contribution in [0.15, 0.2) is 12.1 Å². The molecule has 1 aliphatic heterocycles. The molecule has 2 heteroatoms. The zero-order valence-electron chi connectivity index (χ0n) is 9.81. The molecule has 0 bridgehead atoms. The van der Waals surface area contributed by atoms with Gasteiger partial charge in [0.25, 0.3) is 0 Å². The molecule has 1 atom stereocenters. The Hall–Kier alpha value is -0.340. The van der Waals surface area contributed by atoms with E-state index < -0.39 is 0 Å². The maximum absolute atomic E-state index is 3.75. The number of piperidine rings is 1. The minimum absolute atomic E-state index is 0.398. The molecule has 0 aliphatic carbocycles. The van der Waals surface area contributed by atoms with Crippen molar-refractivity contribution in [3.8, 4) is 0 Å². The van der Waals surface area contributed by atoms with Crippen LogP contribution in [-0.4, -0.2) is 12.1 Å². The third-order valence-electron chi connectivity index (χ3n) is 3.57. The Morgan fingerprint density at radius 2 is 2.27 bits per heavy atom. The van der Waals surface area contributed by atoms with E-state index in [1.807, 2.05) is 11.3 Å². The molecular weight excluding hydrogens is 202 g/mol. The monoisotopic (exact) mass is 223 g/mol. The van der Waals surface area contributed by atoms with Crippen LogP contribution in [0, 0.1) is 6.92 Å². The summed E-state index contributed by atoms with van der Waals surface area (Å²) in [5.41, 5.74) is 0.398. The minimum Gasteiger partial charge on any atom is -0.311 e. The second-order valence-electron chi connectivity index (χ2n) is 4.71. The Kier molecular flexibility index (Phi) is 3.47. The first-order valence-corrected chi connectivity index (χ1v) is 6.86. The van der Waals surface area contributed by atoms with E-state index in [0.29, 0.717) is 5.54 Å². The van der Waals surface area contributed by atoms with Crippen LogP contribution < -0.4 is 5.32 Å². The Labute approximate surface area is 96.9 Å². The van der Waals surface area contributed by atoms with Crippen LogP contribution in [-0.2, 0) is 6.42 Å². The summed E-state index contributed by atoms with van der Waals surface area (Å²) in [4.78, 5) is 2.98. The molecule has 2 heterocycles. The van der Waals surface area contributed by atoms with Gasteiger partial charge in [0.1, 0.15) is 0 Å². The second-order valence-corrected chi connectivity index (χ2v) is 6.08. The van der Waals surface area contributed by atoms with Crippen molar-refractivity contribution in [2.24, 2.45) is 0 Å². The molecule has 84 valence electrons. The topological polar surface area (TPSA) is 12.0 Å². The Morgan fingerprint density at radius 1 is 1.40 bits per heavy atom. The van der Waals surface area contributed by atoms with E-state index in [-0.39, 0.29) is 0 Å². The van der Waals surface area contributed by atoms with E-state index in [1.54, 1.807) is 4.88 Å². The van der Waals surface area contributed by atoms with Crippen LogP contribution in [0.4, 0.5) is 0 Å². The highest BCUT2D eigenvalue weighted by Crippen LogP contribution is 2.29. The molecule has 0 aromatic carbocycles. The molecule has 0 saturated carbocycles. The van der Waals surface area contributed by atoms with Gasteiger partial charge in [-0.05, 0) is 51.3 Å². The lowest BCUT2D eigenvalue weighted by Gasteiger charge is -2.37. The number of hydrogen-bond acceptors (Lipinski definition) is 2. The molecule has 1 fully saturated rings. The van der Waals surface area contributed by atoms with Crippen LogP contribution in [0.3, 0.4) is 0 Å². The van der Waals surface area contributed by atoms with Gasteiger partial charge in [-0.1, -0.05) is 13.3 Å². The van der Waals surface area contributed by atoms with Gasteiger partial charge in [0.2, 0.25) is 0 Å². The molecule has 15 heavy (non-hydrogen) atoms. The van der Waals surface area contributed by atoms with Gasteiger partial charge in [0.15, 0.2) is 0 Å². The van der Waals surface area contributed by atoms with E-state index in [9.17, 15) is 0 Å². The summed E-state index contributed by atoms with van der Waals surface area (Å²) in [6.45, 7) is 5.72. The fourth-order valence-electron chi connectivity index (χ4n) is 2.52. The van der Waals surface area contributed by atoms with Crippen LogP contribution in [0.25, 0.3) is 0 Å². The zero-order valence-corrected chi connectivity index (χ0v) is 10.6. The van der Waals surface area contributed by atoms with Gasteiger partial charge in [0, 0.05) is 15.3 Å². The van der Waals surface area contributed by atoms with Gasteiger partial charge >= 0.3 is 0 Å². The number of nitrogens with one attached hydrogen (secondary N) is 1. The highest BCUT2D eigenvalue weighted by Gasteiger charge is 2.30. The van der Waals surface area contributed by atoms with Crippen LogP contribution in [0.1, 0.15) is 42.4 Å². The van der Waals surface area contributed by atoms with Crippen molar-refractivity contribution in [2.75, 3.05) is 6.54 Å². The SMILES string of the molecule is CCC1(Cc2ccc(C)s2)CCCCN1. The van der Waals surface area contributed by atoms with Gasteiger partial charge in [-0.2, -0.15) is 0 Å². The molecule has 1 aliphatic rings. The maximum Gasteiger partial charge on any atom is 0.0227 e. The predicted octanol–water partition coefficient (Wildman–Crippen LogP) is 3.52. The molecule has 0 amide bonds. The van der Waals surface area contributed by atoms with E-state index in [1.165, 1.54) is 43.5 Å². The maximum atomic E-state index is 3.75. The number of rotatable bonds is 3. The molecule has 1 N–H and O–H groups in total. The molecule has 2 rings (SSSR count). The van der Waals surface area contributed by atoms with Crippen molar-refractivity contribution in [2.45, 2.75) is 51.5 Å². The molecule has 0 radical (unpaired) electrons. The third kappa shape index (κ3) is 2.61. The van der Waals surface area contributed by atoms with Gasteiger partial charge < -0.3 is 5.32 Å². The third-order valence-corrected chi connectivity index (χ3v) is 4.57. The lowest BCUT2D eigenvalue weighted by molar-refractivity contribution is 0.244. The average molecular weight is 223 g/mol. The van der Waals surface area contributed by atoms with E-state index in [4.69, 9.17) is 0 Å². The molecule has 1 aromatic rings. The van der Waals surface area contributed by atoms with Crippen molar-refractivity contribution >= 4 is 11.3 Å². The highest BCUT2D eigenvalue weighted by molar-refractivity contribution is 7.11. The largest absolute Gasteiger partial charge is 0.311 e.